The van der Waals surface area contributed by atoms with Gasteiger partial charge in [-0.25, -0.2) is 4.98 Å². The smallest absolute Gasteiger partial charge is 0.300 e. The second-order valence-corrected chi connectivity index (χ2v) is 10.3. The van der Waals surface area contributed by atoms with E-state index in [0.29, 0.717) is 27.2 Å². The topological polar surface area (TPSA) is 124 Å². The Balaban J connectivity index is 0.000000886. The number of rotatable bonds is 7. The minimum atomic E-state index is -0.833. The molecule has 0 bridgehead atoms. The zero-order chi connectivity index (χ0) is 27.1. The molecule has 0 saturated carbocycles. The maximum Gasteiger partial charge on any atom is 0.300 e. The van der Waals surface area contributed by atoms with Crippen molar-refractivity contribution >= 4 is 57.7 Å². The van der Waals surface area contributed by atoms with Gasteiger partial charge in [-0.2, -0.15) is 0 Å². The predicted octanol–water partition coefficient (Wildman–Crippen LogP) is 3.79. The van der Waals surface area contributed by atoms with Crippen molar-refractivity contribution in [3.8, 4) is 0 Å². The number of aliphatic hydroxyl groups is 1. The molecule has 0 aliphatic carbocycles. The number of hydrogen-bond acceptors (Lipinski definition) is 8. The van der Waals surface area contributed by atoms with Gasteiger partial charge in [0.05, 0.1) is 16.6 Å². The monoisotopic (exact) mass is 540 g/mol. The summed E-state index contributed by atoms with van der Waals surface area (Å²) in [6, 6.07) is 14.5. The van der Waals surface area contributed by atoms with Crippen molar-refractivity contribution in [3.63, 3.8) is 0 Å². The molecule has 1 aliphatic heterocycles. The van der Waals surface area contributed by atoms with E-state index in [1.54, 1.807) is 35.4 Å². The first kappa shape index (κ1) is 28.0. The molecule has 1 aromatic carbocycles. The Labute approximate surface area is 223 Å². The lowest BCUT2D eigenvalue weighted by atomic mass is 10.1. The number of carboxylic acids is 1. The summed E-state index contributed by atoms with van der Waals surface area (Å²) in [6.45, 7) is 5.78. The minimum Gasteiger partial charge on any atom is -0.481 e. The van der Waals surface area contributed by atoms with Crippen molar-refractivity contribution in [2.75, 3.05) is 18.4 Å². The number of carboxylic acid groups (broad SMARTS) is 1. The summed E-state index contributed by atoms with van der Waals surface area (Å²) < 4.78 is 1.90. The van der Waals surface area contributed by atoms with Gasteiger partial charge in [-0.05, 0) is 29.7 Å². The van der Waals surface area contributed by atoms with E-state index >= 15 is 0 Å². The molecule has 3 aromatic rings. The molecule has 1 unspecified atom stereocenters. The SMILES string of the molecule is CC(=O)O.CC(C)CN1C(=O)/C(=C/c2c(NCC(O)c3ccccc3)nc3ccccn3c2=O)SC1=S. The van der Waals surface area contributed by atoms with E-state index in [2.05, 4.69) is 10.3 Å². The fourth-order valence-electron chi connectivity index (χ4n) is 3.51. The normalized spacial score (nSPS) is 15.2. The summed E-state index contributed by atoms with van der Waals surface area (Å²) in [6.07, 6.45) is 2.39. The van der Waals surface area contributed by atoms with Crippen LogP contribution in [-0.4, -0.2) is 53.8 Å². The van der Waals surface area contributed by atoms with Crippen molar-refractivity contribution in [2.24, 2.45) is 5.92 Å². The molecule has 1 aliphatic rings. The van der Waals surface area contributed by atoms with Crippen molar-refractivity contribution in [1.29, 1.82) is 0 Å². The number of hydrogen-bond donors (Lipinski definition) is 3. The number of aromatic nitrogens is 2. The van der Waals surface area contributed by atoms with Crippen LogP contribution in [0.1, 0.15) is 38.0 Å². The van der Waals surface area contributed by atoms with Crippen LogP contribution >= 0.6 is 24.0 Å². The van der Waals surface area contributed by atoms with Gasteiger partial charge in [0, 0.05) is 26.2 Å². The van der Waals surface area contributed by atoms with Crippen molar-refractivity contribution in [2.45, 2.75) is 26.9 Å². The quantitative estimate of drug-likeness (QED) is 0.303. The Kier molecular flexibility index (Phi) is 9.56. The van der Waals surface area contributed by atoms with E-state index < -0.39 is 12.1 Å². The van der Waals surface area contributed by atoms with Crippen LogP contribution in [0.15, 0.2) is 64.4 Å². The molecule has 2 aromatic heterocycles. The molecule has 9 nitrogen and oxygen atoms in total. The van der Waals surface area contributed by atoms with Gasteiger partial charge in [0.15, 0.2) is 0 Å². The van der Waals surface area contributed by atoms with E-state index in [-0.39, 0.29) is 29.5 Å². The van der Waals surface area contributed by atoms with Crippen molar-refractivity contribution < 1.29 is 19.8 Å². The van der Waals surface area contributed by atoms with Crippen LogP contribution in [0.2, 0.25) is 0 Å². The fraction of sp³-hybridized carbons (Fsp3) is 0.269. The molecule has 37 heavy (non-hydrogen) atoms. The first-order valence-electron chi connectivity index (χ1n) is 11.5. The van der Waals surface area contributed by atoms with Crippen LogP contribution in [0, 0.1) is 5.92 Å². The molecular weight excluding hydrogens is 512 g/mol. The van der Waals surface area contributed by atoms with Crippen LogP contribution in [0.25, 0.3) is 11.7 Å². The molecule has 11 heteroatoms. The van der Waals surface area contributed by atoms with Gasteiger partial charge in [0.1, 0.15) is 15.8 Å². The third-order valence-corrected chi connectivity index (χ3v) is 6.49. The number of thiocarbonyl (C=S) groups is 1. The number of benzene rings is 1. The highest BCUT2D eigenvalue weighted by molar-refractivity contribution is 8.26. The second kappa shape index (κ2) is 12.6. The highest BCUT2D eigenvalue weighted by Gasteiger charge is 2.33. The molecule has 194 valence electrons. The number of amides is 1. The maximum atomic E-state index is 13.3. The number of carbonyl (C=O) groups excluding carboxylic acids is 1. The average molecular weight is 541 g/mol. The Bertz CT molecular complexity index is 1380. The van der Waals surface area contributed by atoms with E-state index in [0.717, 1.165) is 12.5 Å². The number of anilines is 1. The molecule has 1 saturated heterocycles. The number of nitrogens with one attached hydrogen (secondary N) is 1. The summed E-state index contributed by atoms with van der Waals surface area (Å²) in [5.41, 5.74) is 1.14. The molecule has 1 fully saturated rings. The zero-order valence-corrected chi connectivity index (χ0v) is 22.3. The number of carbonyl (C=O) groups is 2. The van der Waals surface area contributed by atoms with Gasteiger partial charge in [-0.3, -0.25) is 23.7 Å². The Morgan fingerprint density at radius 2 is 1.81 bits per heavy atom. The lowest BCUT2D eigenvalue weighted by Crippen LogP contribution is -2.31. The number of aliphatic carboxylic acids is 1. The van der Waals surface area contributed by atoms with E-state index in [9.17, 15) is 14.7 Å². The Hall–Kier alpha value is -3.54. The van der Waals surface area contributed by atoms with Crippen LogP contribution in [0.3, 0.4) is 0 Å². The maximum absolute atomic E-state index is 13.3. The summed E-state index contributed by atoms with van der Waals surface area (Å²) >= 11 is 6.57. The number of fused-ring (bicyclic) bond motifs is 1. The molecule has 1 atom stereocenters. The summed E-state index contributed by atoms with van der Waals surface area (Å²) in [5.74, 6) is -0.488. The average Bonchev–Trinajstić information content (AvgIpc) is 3.11. The van der Waals surface area contributed by atoms with Crippen molar-refractivity contribution in [1.82, 2.24) is 14.3 Å². The number of aliphatic hydroxyl groups excluding tert-OH is 1. The summed E-state index contributed by atoms with van der Waals surface area (Å²) in [5, 5.41) is 21.1. The van der Waals surface area contributed by atoms with Gasteiger partial charge >= 0.3 is 0 Å². The number of pyridine rings is 1. The van der Waals surface area contributed by atoms with Crippen LogP contribution < -0.4 is 10.9 Å². The lowest BCUT2D eigenvalue weighted by molar-refractivity contribution is -0.134. The van der Waals surface area contributed by atoms with Gasteiger partial charge in [0.25, 0.3) is 17.4 Å². The number of nitrogens with zero attached hydrogens (tertiary/aromatic N) is 3. The zero-order valence-electron chi connectivity index (χ0n) is 20.6. The highest BCUT2D eigenvalue weighted by atomic mass is 32.2. The molecular formula is C26H28N4O5S2. The fourth-order valence-corrected chi connectivity index (χ4v) is 4.76. The lowest BCUT2D eigenvalue weighted by Gasteiger charge is -2.16. The molecule has 4 rings (SSSR count). The standard InChI is InChI=1S/C24H24N4O3S2.C2H4O2/c1-15(2)14-28-23(31)19(33-24(28)32)12-17-21(25-13-18(29)16-8-4-3-5-9-16)26-20-10-6-7-11-27(20)22(17)30;1-2(3)4/h3-12,15,18,25,29H,13-14H2,1-2H3;1H3,(H,3,4)/b19-12-;. The minimum absolute atomic E-state index is 0.147. The van der Waals surface area contributed by atoms with Gasteiger partial charge in [-0.1, -0.05) is 74.2 Å². The van der Waals surface area contributed by atoms with E-state index in [4.69, 9.17) is 22.1 Å². The highest BCUT2D eigenvalue weighted by Crippen LogP contribution is 2.33. The Morgan fingerprint density at radius 1 is 1.16 bits per heavy atom. The van der Waals surface area contributed by atoms with Crippen LogP contribution in [0.5, 0.6) is 0 Å². The summed E-state index contributed by atoms with van der Waals surface area (Å²) in [4.78, 5) is 41.8. The third kappa shape index (κ3) is 7.25. The van der Waals surface area contributed by atoms with Gasteiger partial charge in [0.2, 0.25) is 0 Å². The van der Waals surface area contributed by atoms with Crippen LogP contribution in [0.4, 0.5) is 5.82 Å². The van der Waals surface area contributed by atoms with E-state index in [1.807, 2.05) is 44.2 Å². The summed E-state index contributed by atoms with van der Waals surface area (Å²) in [7, 11) is 0. The van der Waals surface area contributed by atoms with Crippen molar-refractivity contribution in [3.05, 3.63) is 81.1 Å². The van der Waals surface area contributed by atoms with Gasteiger partial charge < -0.3 is 15.5 Å². The largest absolute Gasteiger partial charge is 0.481 e. The first-order chi connectivity index (χ1) is 17.6. The first-order valence-corrected chi connectivity index (χ1v) is 12.7. The second-order valence-electron chi connectivity index (χ2n) is 8.62. The van der Waals surface area contributed by atoms with E-state index in [1.165, 1.54) is 16.2 Å². The molecule has 0 spiro atoms. The number of thioether (sulfide) groups is 1. The molecule has 3 heterocycles. The molecule has 3 N–H and O–H groups in total. The third-order valence-electron chi connectivity index (χ3n) is 5.11. The molecule has 0 radical (unpaired) electrons. The molecule has 1 amide bonds. The Morgan fingerprint density at radius 3 is 2.46 bits per heavy atom. The van der Waals surface area contributed by atoms with Gasteiger partial charge in [-0.15, -0.1) is 0 Å². The van der Waals surface area contributed by atoms with Crippen LogP contribution in [-0.2, 0) is 9.59 Å². The predicted molar refractivity (Wildman–Crippen MR) is 149 cm³/mol.